The lowest BCUT2D eigenvalue weighted by atomic mass is 10.1. The van der Waals surface area contributed by atoms with Crippen molar-refractivity contribution in [1.82, 2.24) is 4.90 Å². The van der Waals surface area contributed by atoms with Gasteiger partial charge in [0, 0.05) is 32.8 Å². The monoisotopic (exact) mass is 447 g/mol. The van der Waals surface area contributed by atoms with Crippen LogP contribution >= 0.6 is 0 Å². The van der Waals surface area contributed by atoms with Gasteiger partial charge in [-0.25, -0.2) is 0 Å². The van der Waals surface area contributed by atoms with Crippen molar-refractivity contribution in [3.63, 3.8) is 0 Å². The predicted molar refractivity (Wildman–Crippen MR) is 139 cm³/mol. The third-order valence-electron chi connectivity index (χ3n) is 6.14. The molecule has 0 aliphatic heterocycles. The number of nitrogens with zero attached hydrogens (tertiary/aromatic N) is 1. The highest BCUT2D eigenvalue weighted by atomic mass is 16.5. The van der Waals surface area contributed by atoms with E-state index in [9.17, 15) is 0 Å². The lowest BCUT2D eigenvalue weighted by Crippen LogP contribution is -2.31. The molecule has 0 spiro atoms. The quantitative estimate of drug-likeness (QED) is 0.150. The van der Waals surface area contributed by atoms with E-state index < -0.39 is 0 Å². The van der Waals surface area contributed by atoms with Crippen molar-refractivity contribution < 1.29 is 9.47 Å². The average molecular weight is 448 g/mol. The van der Waals surface area contributed by atoms with Crippen LogP contribution in [-0.2, 0) is 16.0 Å². The Balaban J connectivity index is 2.11. The maximum absolute atomic E-state index is 5.95. The van der Waals surface area contributed by atoms with Crippen LogP contribution in [0.15, 0.2) is 30.3 Å². The molecule has 0 aromatic heterocycles. The first-order chi connectivity index (χ1) is 15.9. The van der Waals surface area contributed by atoms with Crippen LogP contribution in [0.2, 0.25) is 0 Å². The molecule has 0 fully saturated rings. The first-order valence-corrected chi connectivity index (χ1v) is 13.8. The van der Waals surface area contributed by atoms with Gasteiger partial charge < -0.3 is 9.47 Å². The van der Waals surface area contributed by atoms with Gasteiger partial charge in [0.15, 0.2) is 0 Å². The summed E-state index contributed by atoms with van der Waals surface area (Å²) in [6.07, 6.45) is 18.7. The maximum atomic E-state index is 5.95. The van der Waals surface area contributed by atoms with Gasteiger partial charge in [-0.1, -0.05) is 121 Å². The van der Waals surface area contributed by atoms with Gasteiger partial charge in [0.1, 0.15) is 0 Å². The zero-order chi connectivity index (χ0) is 23.0. The summed E-state index contributed by atoms with van der Waals surface area (Å²) in [4.78, 5) is 2.48. The first-order valence-electron chi connectivity index (χ1n) is 13.8. The standard InChI is InChI=1S/C29H53NO2/c1-3-5-7-9-11-13-18-24-31-26-22-30(28-29-20-16-15-17-21-29)23-27-32-25-19-14-12-10-8-6-4-2/h15-17,20-21H,3-14,18-19,22-28H2,1-2H3. The van der Waals surface area contributed by atoms with Gasteiger partial charge in [-0.05, 0) is 18.4 Å². The molecule has 0 atom stereocenters. The Morgan fingerprint density at radius 2 is 0.969 bits per heavy atom. The van der Waals surface area contributed by atoms with Crippen LogP contribution in [0.1, 0.15) is 109 Å². The van der Waals surface area contributed by atoms with E-state index in [0.29, 0.717) is 0 Å². The molecule has 1 aromatic carbocycles. The summed E-state index contributed by atoms with van der Waals surface area (Å²) in [7, 11) is 0. The molecule has 0 bridgehead atoms. The van der Waals surface area contributed by atoms with Crippen LogP contribution in [0, 0.1) is 0 Å². The summed E-state index contributed by atoms with van der Waals surface area (Å²) >= 11 is 0. The van der Waals surface area contributed by atoms with E-state index >= 15 is 0 Å². The molecule has 186 valence electrons. The second kappa shape index (κ2) is 23.3. The Labute approximate surface area is 200 Å². The Kier molecular flexibility index (Phi) is 21.2. The van der Waals surface area contributed by atoms with Gasteiger partial charge in [0.2, 0.25) is 0 Å². The van der Waals surface area contributed by atoms with Crippen LogP contribution in [0.3, 0.4) is 0 Å². The largest absolute Gasteiger partial charge is 0.380 e. The summed E-state index contributed by atoms with van der Waals surface area (Å²) < 4.78 is 11.9. The van der Waals surface area contributed by atoms with Crippen molar-refractivity contribution in [1.29, 1.82) is 0 Å². The topological polar surface area (TPSA) is 21.7 Å². The zero-order valence-electron chi connectivity index (χ0n) is 21.5. The molecule has 0 aliphatic rings. The predicted octanol–water partition coefficient (Wildman–Crippen LogP) is 8.02. The van der Waals surface area contributed by atoms with E-state index in [2.05, 4.69) is 49.1 Å². The van der Waals surface area contributed by atoms with Crippen molar-refractivity contribution in [3.8, 4) is 0 Å². The molecule has 0 N–H and O–H groups in total. The highest BCUT2D eigenvalue weighted by Crippen LogP contribution is 2.09. The Morgan fingerprint density at radius 3 is 1.44 bits per heavy atom. The number of unbranched alkanes of at least 4 members (excludes halogenated alkanes) is 12. The second-order valence-corrected chi connectivity index (χ2v) is 9.23. The van der Waals surface area contributed by atoms with E-state index in [1.807, 2.05) is 0 Å². The Hall–Kier alpha value is -0.900. The molecule has 1 aromatic rings. The van der Waals surface area contributed by atoms with Crippen molar-refractivity contribution in [2.45, 2.75) is 110 Å². The molecule has 0 unspecified atom stereocenters. The highest BCUT2D eigenvalue weighted by Gasteiger charge is 2.06. The zero-order valence-corrected chi connectivity index (χ0v) is 21.5. The molecular formula is C29H53NO2. The molecule has 0 amide bonds. The summed E-state index contributed by atoms with van der Waals surface area (Å²) in [6.45, 7) is 10.9. The van der Waals surface area contributed by atoms with Gasteiger partial charge in [-0.2, -0.15) is 0 Å². The van der Waals surface area contributed by atoms with Crippen molar-refractivity contribution >= 4 is 0 Å². The molecule has 0 saturated carbocycles. The van der Waals surface area contributed by atoms with Gasteiger partial charge in [0.25, 0.3) is 0 Å². The van der Waals surface area contributed by atoms with Crippen LogP contribution in [-0.4, -0.2) is 44.4 Å². The Morgan fingerprint density at radius 1 is 0.531 bits per heavy atom. The van der Waals surface area contributed by atoms with Crippen LogP contribution in [0.25, 0.3) is 0 Å². The number of hydrogen-bond acceptors (Lipinski definition) is 3. The van der Waals surface area contributed by atoms with E-state index in [-0.39, 0.29) is 0 Å². The summed E-state index contributed by atoms with van der Waals surface area (Å²) in [5.74, 6) is 0. The third-order valence-corrected chi connectivity index (χ3v) is 6.14. The number of hydrogen-bond donors (Lipinski definition) is 0. The normalized spacial score (nSPS) is 11.5. The van der Waals surface area contributed by atoms with Crippen molar-refractivity contribution in [3.05, 3.63) is 35.9 Å². The fourth-order valence-electron chi connectivity index (χ4n) is 4.03. The molecule has 0 saturated heterocycles. The summed E-state index contributed by atoms with van der Waals surface area (Å²) in [5, 5.41) is 0. The van der Waals surface area contributed by atoms with Crippen molar-refractivity contribution in [2.24, 2.45) is 0 Å². The molecule has 3 nitrogen and oxygen atoms in total. The van der Waals surface area contributed by atoms with E-state index in [4.69, 9.17) is 9.47 Å². The lowest BCUT2D eigenvalue weighted by Gasteiger charge is -2.22. The molecule has 3 heteroatoms. The smallest absolute Gasteiger partial charge is 0.0593 e. The number of rotatable bonds is 24. The third kappa shape index (κ3) is 18.7. The van der Waals surface area contributed by atoms with Crippen molar-refractivity contribution in [2.75, 3.05) is 39.5 Å². The molecule has 0 radical (unpaired) electrons. The van der Waals surface area contributed by atoms with E-state index in [1.165, 1.54) is 95.5 Å². The molecular weight excluding hydrogens is 394 g/mol. The molecule has 0 heterocycles. The minimum atomic E-state index is 0.820. The summed E-state index contributed by atoms with van der Waals surface area (Å²) in [5.41, 5.74) is 1.37. The van der Waals surface area contributed by atoms with Gasteiger partial charge in [0.05, 0.1) is 13.2 Å². The number of benzene rings is 1. The van der Waals surface area contributed by atoms with Gasteiger partial charge in [-0.15, -0.1) is 0 Å². The van der Waals surface area contributed by atoms with E-state index in [0.717, 1.165) is 46.1 Å². The molecule has 1 rings (SSSR count). The maximum Gasteiger partial charge on any atom is 0.0593 e. The highest BCUT2D eigenvalue weighted by molar-refractivity contribution is 5.14. The first kappa shape index (κ1) is 29.1. The Bertz CT molecular complexity index is 455. The average Bonchev–Trinajstić information content (AvgIpc) is 2.82. The second-order valence-electron chi connectivity index (χ2n) is 9.23. The minimum absolute atomic E-state index is 0.820. The van der Waals surface area contributed by atoms with Gasteiger partial charge >= 0.3 is 0 Å². The van der Waals surface area contributed by atoms with Gasteiger partial charge in [-0.3, -0.25) is 4.90 Å². The molecule has 0 aliphatic carbocycles. The lowest BCUT2D eigenvalue weighted by molar-refractivity contribution is 0.0692. The SMILES string of the molecule is CCCCCCCCCOCCN(CCOCCCCCCCCC)Cc1ccccc1. The minimum Gasteiger partial charge on any atom is -0.380 e. The number of ether oxygens (including phenoxy) is 2. The van der Waals surface area contributed by atoms with Crippen LogP contribution < -0.4 is 0 Å². The fraction of sp³-hybridized carbons (Fsp3) is 0.793. The molecule has 32 heavy (non-hydrogen) atoms. The van der Waals surface area contributed by atoms with E-state index in [1.54, 1.807) is 0 Å². The summed E-state index contributed by atoms with van der Waals surface area (Å²) in [6, 6.07) is 10.8. The fourth-order valence-corrected chi connectivity index (χ4v) is 4.03. The van der Waals surface area contributed by atoms with Crippen LogP contribution in [0.4, 0.5) is 0 Å². The van der Waals surface area contributed by atoms with Crippen LogP contribution in [0.5, 0.6) is 0 Å².